The van der Waals surface area contributed by atoms with E-state index in [0.29, 0.717) is 25.9 Å². The van der Waals surface area contributed by atoms with Crippen molar-refractivity contribution in [1.82, 2.24) is 9.97 Å². The van der Waals surface area contributed by atoms with Crippen molar-refractivity contribution in [2.45, 2.75) is 12.8 Å². The van der Waals surface area contributed by atoms with E-state index in [4.69, 9.17) is 5.11 Å². The normalized spacial score (nSPS) is 15.8. The smallest absolute Gasteiger partial charge is 0.306 e. The van der Waals surface area contributed by atoms with Crippen LogP contribution >= 0.6 is 0 Å². The SMILES string of the molecule is O=C(O)C1CCN(c2cc(-c3ccc(F)cc3)ncn2)CC1. The molecule has 1 N–H and O–H groups in total. The van der Waals surface area contributed by atoms with Gasteiger partial charge >= 0.3 is 5.97 Å². The Morgan fingerprint density at radius 2 is 1.86 bits per heavy atom. The number of nitrogens with zero attached hydrogens (tertiary/aromatic N) is 3. The van der Waals surface area contributed by atoms with Crippen LogP contribution in [0.5, 0.6) is 0 Å². The highest BCUT2D eigenvalue weighted by atomic mass is 19.1. The minimum absolute atomic E-state index is 0.269. The highest BCUT2D eigenvalue weighted by Gasteiger charge is 2.25. The second-order valence-corrected chi connectivity index (χ2v) is 5.37. The second-order valence-electron chi connectivity index (χ2n) is 5.37. The summed E-state index contributed by atoms with van der Waals surface area (Å²) >= 11 is 0. The van der Waals surface area contributed by atoms with Crippen LogP contribution in [0.15, 0.2) is 36.7 Å². The van der Waals surface area contributed by atoms with E-state index in [9.17, 15) is 9.18 Å². The first-order valence-electron chi connectivity index (χ1n) is 7.19. The van der Waals surface area contributed by atoms with Gasteiger partial charge in [0.1, 0.15) is 18.0 Å². The van der Waals surface area contributed by atoms with E-state index in [0.717, 1.165) is 17.1 Å². The minimum atomic E-state index is -0.727. The number of carboxylic acids is 1. The standard InChI is InChI=1S/C16H16FN3O2/c17-13-3-1-11(2-4-13)14-9-15(19-10-18-14)20-7-5-12(6-8-20)16(21)22/h1-4,9-10,12H,5-8H2,(H,21,22). The molecule has 0 saturated carbocycles. The number of rotatable bonds is 3. The molecule has 2 aromatic rings. The van der Waals surface area contributed by atoms with Gasteiger partial charge in [0.25, 0.3) is 0 Å². The van der Waals surface area contributed by atoms with Crippen molar-refractivity contribution in [3.05, 3.63) is 42.5 Å². The largest absolute Gasteiger partial charge is 0.481 e. The first-order chi connectivity index (χ1) is 10.6. The topological polar surface area (TPSA) is 66.3 Å². The lowest BCUT2D eigenvalue weighted by molar-refractivity contribution is -0.142. The zero-order chi connectivity index (χ0) is 15.5. The molecular weight excluding hydrogens is 285 g/mol. The summed E-state index contributed by atoms with van der Waals surface area (Å²) in [5.74, 6) is -0.504. The molecule has 1 aromatic carbocycles. The predicted molar refractivity (Wildman–Crippen MR) is 80.0 cm³/mol. The van der Waals surface area contributed by atoms with Crippen LogP contribution in [0, 0.1) is 11.7 Å². The lowest BCUT2D eigenvalue weighted by atomic mass is 9.97. The molecule has 0 aliphatic carbocycles. The third-order valence-corrected chi connectivity index (χ3v) is 3.96. The zero-order valence-electron chi connectivity index (χ0n) is 11.9. The number of anilines is 1. The van der Waals surface area contributed by atoms with Crippen molar-refractivity contribution >= 4 is 11.8 Å². The van der Waals surface area contributed by atoms with Gasteiger partial charge in [-0.05, 0) is 37.1 Å². The number of halogens is 1. The number of aromatic nitrogens is 2. The van der Waals surface area contributed by atoms with E-state index < -0.39 is 5.97 Å². The van der Waals surface area contributed by atoms with Gasteiger partial charge in [0, 0.05) is 24.7 Å². The molecular formula is C16H16FN3O2. The van der Waals surface area contributed by atoms with Gasteiger partial charge in [0.2, 0.25) is 0 Å². The minimum Gasteiger partial charge on any atom is -0.481 e. The van der Waals surface area contributed by atoms with Crippen LogP contribution < -0.4 is 4.90 Å². The van der Waals surface area contributed by atoms with Crippen LogP contribution in [0.3, 0.4) is 0 Å². The zero-order valence-corrected chi connectivity index (χ0v) is 11.9. The molecule has 114 valence electrons. The Hall–Kier alpha value is -2.50. The Kier molecular flexibility index (Phi) is 4.00. The average Bonchev–Trinajstić information content (AvgIpc) is 2.56. The van der Waals surface area contributed by atoms with E-state index in [1.807, 2.05) is 6.07 Å². The van der Waals surface area contributed by atoms with Crippen molar-refractivity contribution in [3.8, 4) is 11.3 Å². The number of hydrogen-bond acceptors (Lipinski definition) is 4. The fraction of sp³-hybridized carbons (Fsp3) is 0.312. The summed E-state index contributed by atoms with van der Waals surface area (Å²) < 4.78 is 13.0. The van der Waals surface area contributed by atoms with Gasteiger partial charge in [-0.2, -0.15) is 0 Å². The average molecular weight is 301 g/mol. The van der Waals surface area contributed by atoms with Crippen LogP contribution in [-0.4, -0.2) is 34.1 Å². The Balaban J connectivity index is 1.77. The molecule has 0 atom stereocenters. The molecule has 0 bridgehead atoms. The van der Waals surface area contributed by atoms with Gasteiger partial charge in [-0.25, -0.2) is 14.4 Å². The first-order valence-corrected chi connectivity index (χ1v) is 7.19. The van der Waals surface area contributed by atoms with Gasteiger partial charge in [-0.15, -0.1) is 0 Å². The fourth-order valence-electron chi connectivity index (χ4n) is 2.65. The summed E-state index contributed by atoms with van der Waals surface area (Å²) in [5.41, 5.74) is 1.55. The van der Waals surface area contributed by atoms with Crippen LogP contribution in [0.4, 0.5) is 10.2 Å². The van der Waals surface area contributed by atoms with Crippen molar-refractivity contribution in [2.75, 3.05) is 18.0 Å². The molecule has 1 aliphatic heterocycles. The summed E-state index contributed by atoms with van der Waals surface area (Å²) in [6, 6.07) is 8.01. The maximum Gasteiger partial charge on any atom is 0.306 e. The van der Waals surface area contributed by atoms with E-state index in [-0.39, 0.29) is 11.7 Å². The molecule has 0 radical (unpaired) electrons. The Morgan fingerprint density at radius 1 is 1.18 bits per heavy atom. The third kappa shape index (κ3) is 3.05. The molecule has 1 fully saturated rings. The number of benzene rings is 1. The Labute approximate surface area is 127 Å². The predicted octanol–water partition coefficient (Wildman–Crippen LogP) is 2.58. The quantitative estimate of drug-likeness (QED) is 0.944. The lowest BCUT2D eigenvalue weighted by Gasteiger charge is -2.31. The van der Waals surface area contributed by atoms with Crippen molar-refractivity contribution < 1.29 is 14.3 Å². The molecule has 3 rings (SSSR count). The lowest BCUT2D eigenvalue weighted by Crippen LogP contribution is -2.36. The van der Waals surface area contributed by atoms with Gasteiger partial charge in [-0.1, -0.05) is 0 Å². The summed E-state index contributed by atoms with van der Waals surface area (Å²) in [6.45, 7) is 1.33. The van der Waals surface area contributed by atoms with E-state index in [1.165, 1.54) is 18.5 Å². The number of aliphatic carboxylic acids is 1. The molecule has 6 heteroatoms. The number of carboxylic acid groups (broad SMARTS) is 1. The molecule has 22 heavy (non-hydrogen) atoms. The van der Waals surface area contributed by atoms with Crippen molar-refractivity contribution in [1.29, 1.82) is 0 Å². The summed E-state index contributed by atoms with van der Waals surface area (Å²) in [6.07, 6.45) is 2.72. The number of carbonyl (C=O) groups is 1. The summed E-state index contributed by atoms with van der Waals surface area (Å²) in [5, 5.41) is 9.04. The fourth-order valence-corrected chi connectivity index (χ4v) is 2.65. The maximum absolute atomic E-state index is 13.0. The molecule has 5 nitrogen and oxygen atoms in total. The first kappa shape index (κ1) is 14.4. The number of hydrogen-bond donors (Lipinski definition) is 1. The van der Waals surface area contributed by atoms with Gasteiger partial charge < -0.3 is 10.0 Å². The second kappa shape index (κ2) is 6.09. The summed E-state index contributed by atoms with van der Waals surface area (Å²) in [7, 11) is 0. The van der Waals surface area contributed by atoms with Crippen LogP contribution in [0.2, 0.25) is 0 Å². The molecule has 1 aliphatic rings. The highest BCUT2D eigenvalue weighted by molar-refractivity contribution is 5.70. The monoisotopic (exact) mass is 301 g/mol. The van der Waals surface area contributed by atoms with Crippen LogP contribution in [0.25, 0.3) is 11.3 Å². The Morgan fingerprint density at radius 3 is 2.50 bits per heavy atom. The van der Waals surface area contributed by atoms with E-state index >= 15 is 0 Å². The molecule has 0 amide bonds. The van der Waals surface area contributed by atoms with Crippen molar-refractivity contribution in [2.24, 2.45) is 5.92 Å². The van der Waals surface area contributed by atoms with Gasteiger partial charge in [0.15, 0.2) is 0 Å². The molecule has 2 heterocycles. The maximum atomic E-state index is 13.0. The van der Waals surface area contributed by atoms with Crippen LogP contribution in [0.1, 0.15) is 12.8 Å². The van der Waals surface area contributed by atoms with Crippen molar-refractivity contribution in [3.63, 3.8) is 0 Å². The number of piperidine rings is 1. The van der Waals surface area contributed by atoms with Gasteiger partial charge in [0.05, 0.1) is 11.6 Å². The summed E-state index contributed by atoms with van der Waals surface area (Å²) in [4.78, 5) is 21.5. The highest BCUT2D eigenvalue weighted by Crippen LogP contribution is 2.25. The van der Waals surface area contributed by atoms with E-state index in [2.05, 4.69) is 14.9 Å². The van der Waals surface area contributed by atoms with Gasteiger partial charge in [-0.3, -0.25) is 4.79 Å². The van der Waals surface area contributed by atoms with Crippen LogP contribution in [-0.2, 0) is 4.79 Å². The molecule has 1 saturated heterocycles. The third-order valence-electron chi connectivity index (χ3n) is 3.96. The molecule has 0 unspecified atom stereocenters. The Bertz CT molecular complexity index is 667. The molecule has 0 spiro atoms. The van der Waals surface area contributed by atoms with E-state index in [1.54, 1.807) is 12.1 Å². The molecule has 1 aromatic heterocycles.